The molecule has 0 amide bonds. The van der Waals surface area contributed by atoms with Gasteiger partial charge in [-0.25, -0.2) is 8.42 Å². The smallest absolute Gasteiger partial charge is 0.276 e. The normalized spacial score (nSPS) is 11.6. The summed E-state index contributed by atoms with van der Waals surface area (Å²) in [5, 5.41) is -0.0758. The molecule has 0 bridgehead atoms. The van der Waals surface area contributed by atoms with E-state index in [4.69, 9.17) is 10.7 Å². The van der Waals surface area contributed by atoms with Crippen LogP contribution in [0.25, 0.3) is 11.4 Å². The van der Waals surface area contributed by atoms with Gasteiger partial charge < -0.3 is 9.97 Å². The molecule has 0 saturated carbocycles. The van der Waals surface area contributed by atoms with Crippen LogP contribution in [0.5, 0.6) is 0 Å². The number of aromatic amines is 2. The molecule has 0 spiro atoms. The first kappa shape index (κ1) is 11.9. The largest absolute Gasteiger partial charge is 0.351 e. The van der Waals surface area contributed by atoms with E-state index in [-0.39, 0.29) is 10.8 Å². The van der Waals surface area contributed by atoms with Gasteiger partial charge in [0.2, 0.25) is 0 Å². The van der Waals surface area contributed by atoms with Crippen molar-refractivity contribution in [2.45, 2.75) is 11.9 Å². The number of nitrogens with one attached hydrogen (secondary N) is 2. The summed E-state index contributed by atoms with van der Waals surface area (Å²) >= 11 is 0. The van der Waals surface area contributed by atoms with Gasteiger partial charge in [-0.3, -0.25) is 4.79 Å². The molecule has 0 unspecified atom stereocenters. The summed E-state index contributed by atoms with van der Waals surface area (Å²) in [6, 6.07) is 6.26. The Morgan fingerprint density at radius 1 is 1.12 bits per heavy atom. The number of H-pyrrole nitrogens is 2. The molecule has 0 aliphatic rings. The second kappa shape index (κ2) is 4.05. The van der Waals surface area contributed by atoms with Crippen LogP contribution in [0.2, 0.25) is 0 Å². The lowest BCUT2D eigenvalue weighted by atomic mass is 10.3. The molecule has 0 radical (unpaired) electrons. The number of carbonyl (C=O) groups is 1. The Hall–Kier alpha value is -1.53. The van der Waals surface area contributed by atoms with E-state index in [9.17, 15) is 13.2 Å². The number of carbonyl (C=O) groups excluding carboxylic acids is 1. The summed E-state index contributed by atoms with van der Waals surface area (Å²) in [6.07, 6.45) is 0. The van der Waals surface area contributed by atoms with Gasteiger partial charge in [-0.2, -0.15) is 0 Å². The Kier molecular flexibility index (Phi) is 2.84. The highest BCUT2D eigenvalue weighted by atomic mass is 35.7. The number of halogens is 1. The van der Waals surface area contributed by atoms with Gasteiger partial charge in [0.1, 0.15) is 5.03 Å². The third-order valence-corrected chi connectivity index (χ3v) is 3.54. The molecular weight excluding hydrogens is 264 g/mol. The predicted octanol–water partition coefficient (Wildman–Crippen LogP) is 2.14. The van der Waals surface area contributed by atoms with Gasteiger partial charge in [-0.05, 0) is 24.3 Å². The zero-order valence-corrected chi connectivity index (χ0v) is 10.4. The highest BCUT2D eigenvalue weighted by molar-refractivity contribution is 8.13. The number of ketones is 1. The molecule has 2 aromatic rings. The van der Waals surface area contributed by atoms with Crippen molar-refractivity contribution in [2.75, 3.05) is 0 Å². The monoisotopic (exact) mass is 272 g/mol. The quantitative estimate of drug-likeness (QED) is 0.663. The number of hydrogen-bond donors (Lipinski definition) is 2. The molecule has 0 aliphatic carbocycles. The Morgan fingerprint density at radius 2 is 1.71 bits per heavy atom. The number of hydrogen-bond acceptors (Lipinski definition) is 3. The molecule has 0 atom stereocenters. The van der Waals surface area contributed by atoms with Crippen LogP contribution in [-0.2, 0) is 9.05 Å². The zero-order chi connectivity index (χ0) is 12.6. The van der Waals surface area contributed by atoms with Crippen LogP contribution in [0.4, 0.5) is 0 Å². The van der Waals surface area contributed by atoms with Crippen molar-refractivity contribution in [3.8, 4) is 11.4 Å². The number of Topliss-reactive ketones (excluding diaryl/α,β-unsaturated/α-hetero) is 1. The van der Waals surface area contributed by atoms with Gasteiger partial charge in [0.25, 0.3) is 9.05 Å². The average Bonchev–Trinajstić information content (AvgIpc) is 2.85. The highest BCUT2D eigenvalue weighted by Crippen LogP contribution is 2.21. The summed E-state index contributed by atoms with van der Waals surface area (Å²) in [4.78, 5) is 16.6. The maximum atomic E-state index is 11.1. The molecule has 2 heterocycles. The Balaban J connectivity index is 2.40. The molecule has 2 N–H and O–H groups in total. The lowest BCUT2D eigenvalue weighted by Gasteiger charge is -1.93. The van der Waals surface area contributed by atoms with E-state index in [1.165, 1.54) is 13.0 Å². The average molecular weight is 273 g/mol. The molecule has 0 fully saturated rings. The van der Waals surface area contributed by atoms with Crippen molar-refractivity contribution in [3.05, 3.63) is 30.0 Å². The maximum absolute atomic E-state index is 11.1. The van der Waals surface area contributed by atoms with Crippen molar-refractivity contribution >= 4 is 25.5 Å². The molecule has 90 valence electrons. The zero-order valence-electron chi connectivity index (χ0n) is 8.82. The third-order valence-electron chi connectivity index (χ3n) is 2.28. The fourth-order valence-electron chi connectivity index (χ4n) is 1.43. The summed E-state index contributed by atoms with van der Waals surface area (Å²) in [6.45, 7) is 1.44. The molecule has 2 rings (SSSR count). The Bertz CT molecular complexity index is 669. The first-order chi connectivity index (χ1) is 7.88. The molecule has 7 heteroatoms. The van der Waals surface area contributed by atoms with E-state index in [2.05, 4.69) is 9.97 Å². The van der Waals surface area contributed by atoms with Gasteiger partial charge in [0.15, 0.2) is 5.78 Å². The number of aromatic nitrogens is 2. The van der Waals surface area contributed by atoms with Crippen molar-refractivity contribution < 1.29 is 13.2 Å². The van der Waals surface area contributed by atoms with E-state index in [1.807, 2.05) is 0 Å². The van der Waals surface area contributed by atoms with E-state index in [1.54, 1.807) is 18.2 Å². The molecule has 0 saturated heterocycles. The first-order valence-corrected chi connectivity index (χ1v) is 7.03. The van der Waals surface area contributed by atoms with Crippen molar-refractivity contribution in [3.63, 3.8) is 0 Å². The fourth-order valence-corrected chi connectivity index (χ4v) is 2.16. The van der Waals surface area contributed by atoms with Crippen molar-refractivity contribution in [2.24, 2.45) is 0 Å². The van der Waals surface area contributed by atoms with Gasteiger partial charge in [0.05, 0.1) is 17.1 Å². The summed E-state index contributed by atoms with van der Waals surface area (Å²) < 4.78 is 22.1. The van der Waals surface area contributed by atoms with Crippen molar-refractivity contribution in [1.29, 1.82) is 0 Å². The molecule has 5 nitrogen and oxygen atoms in total. The SMILES string of the molecule is CC(=O)c1ccc(-c2ccc(S(=O)(=O)Cl)[nH]2)[nH]1. The Morgan fingerprint density at radius 3 is 2.18 bits per heavy atom. The van der Waals surface area contributed by atoms with Crippen LogP contribution in [0.3, 0.4) is 0 Å². The minimum Gasteiger partial charge on any atom is -0.351 e. The van der Waals surface area contributed by atoms with Crippen LogP contribution in [0.1, 0.15) is 17.4 Å². The molecule has 17 heavy (non-hydrogen) atoms. The third kappa shape index (κ3) is 2.42. The fraction of sp³-hybridized carbons (Fsp3) is 0.100. The minimum absolute atomic E-state index is 0.0758. The molecular formula is C10H9ClN2O3S. The van der Waals surface area contributed by atoms with E-state index in [0.717, 1.165) is 0 Å². The first-order valence-electron chi connectivity index (χ1n) is 4.72. The highest BCUT2D eigenvalue weighted by Gasteiger charge is 2.14. The van der Waals surface area contributed by atoms with E-state index >= 15 is 0 Å². The van der Waals surface area contributed by atoms with Crippen LogP contribution >= 0.6 is 10.7 Å². The topological polar surface area (TPSA) is 82.8 Å². The van der Waals surface area contributed by atoms with E-state index in [0.29, 0.717) is 17.1 Å². The van der Waals surface area contributed by atoms with Gasteiger partial charge in [0, 0.05) is 17.6 Å². The van der Waals surface area contributed by atoms with Gasteiger partial charge >= 0.3 is 0 Å². The lowest BCUT2D eigenvalue weighted by molar-refractivity contribution is 0.101. The maximum Gasteiger partial charge on any atom is 0.276 e. The van der Waals surface area contributed by atoms with E-state index < -0.39 is 9.05 Å². The number of rotatable bonds is 3. The standard InChI is InChI=1S/C10H9ClN2O3S/c1-6(14)7-2-3-8(12-7)9-4-5-10(13-9)17(11,15)16/h2-5,12-13H,1H3. The van der Waals surface area contributed by atoms with Crippen molar-refractivity contribution in [1.82, 2.24) is 9.97 Å². The minimum atomic E-state index is -3.76. The predicted molar refractivity (Wildman–Crippen MR) is 63.6 cm³/mol. The second-order valence-corrected chi connectivity index (χ2v) is 6.05. The van der Waals surface area contributed by atoms with Crippen LogP contribution < -0.4 is 0 Å². The lowest BCUT2D eigenvalue weighted by Crippen LogP contribution is -1.92. The van der Waals surface area contributed by atoms with Crippen LogP contribution in [0.15, 0.2) is 29.3 Å². The summed E-state index contributed by atoms with van der Waals surface area (Å²) in [5.41, 5.74) is 1.64. The van der Waals surface area contributed by atoms with Crippen LogP contribution in [-0.4, -0.2) is 24.2 Å². The molecule has 0 aliphatic heterocycles. The molecule has 0 aromatic carbocycles. The summed E-state index contributed by atoms with van der Waals surface area (Å²) in [7, 11) is 1.43. The van der Waals surface area contributed by atoms with Crippen LogP contribution in [0, 0.1) is 0 Å². The summed E-state index contributed by atoms with van der Waals surface area (Å²) in [5.74, 6) is -0.0898. The second-order valence-electron chi connectivity index (χ2n) is 3.52. The Labute approximate surface area is 102 Å². The molecule has 2 aromatic heterocycles. The van der Waals surface area contributed by atoms with Gasteiger partial charge in [-0.1, -0.05) is 0 Å². The van der Waals surface area contributed by atoms with Gasteiger partial charge in [-0.15, -0.1) is 0 Å².